The summed E-state index contributed by atoms with van der Waals surface area (Å²) in [6, 6.07) is 18.2. The number of ether oxygens (including phenoxy) is 1. The fourth-order valence-electron chi connectivity index (χ4n) is 3.79. The fourth-order valence-corrected chi connectivity index (χ4v) is 5.32. The fraction of sp³-hybridized carbons (Fsp3) is 0.167. The van der Waals surface area contributed by atoms with Crippen molar-refractivity contribution in [2.45, 2.75) is 18.2 Å². The number of carbonyl (C=O) groups is 2. The Morgan fingerprint density at radius 2 is 1.67 bits per heavy atom. The molecule has 0 bridgehead atoms. The maximum absolute atomic E-state index is 13.4. The van der Waals surface area contributed by atoms with E-state index in [1.165, 1.54) is 36.5 Å². The first-order valence-corrected chi connectivity index (χ1v) is 11.7. The van der Waals surface area contributed by atoms with Gasteiger partial charge in [0.25, 0.3) is 15.9 Å². The van der Waals surface area contributed by atoms with Gasteiger partial charge < -0.3 is 15.4 Å². The summed E-state index contributed by atoms with van der Waals surface area (Å²) in [4.78, 5) is 24.3. The van der Waals surface area contributed by atoms with Crippen molar-refractivity contribution < 1.29 is 22.7 Å². The molecule has 0 saturated heterocycles. The summed E-state index contributed by atoms with van der Waals surface area (Å²) >= 11 is 0. The summed E-state index contributed by atoms with van der Waals surface area (Å²) in [6.07, 6.45) is 0.629. The van der Waals surface area contributed by atoms with Gasteiger partial charge >= 0.3 is 0 Å². The van der Waals surface area contributed by atoms with E-state index < -0.39 is 15.9 Å². The lowest BCUT2D eigenvalue weighted by atomic mass is 10.1. The molecule has 1 aliphatic rings. The Bertz CT molecular complexity index is 1340. The summed E-state index contributed by atoms with van der Waals surface area (Å²) in [6.45, 7) is 1.73. The Morgan fingerprint density at radius 1 is 0.939 bits per heavy atom. The van der Waals surface area contributed by atoms with E-state index in [0.29, 0.717) is 30.0 Å². The van der Waals surface area contributed by atoms with Gasteiger partial charge in [0, 0.05) is 24.8 Å². The Morgan fingerprint density at radius 3 is 2.39 bits per heavy atom. The van der Waals surface area contributed by atoms with Gasteiger partial charge in [0.2, 0.25) is 5.91 Å². The third-order valence-corrected chi connectivity index (χ3v) is 7.10. The first-order valence-electron chi connectivity index (χ1n) is 10.3. The largest absolute Gasteiger partial charge is 0.496 e. The van der Waals surface area contributed by atoms with Crippen molar-refractivity contribution in [1.82, 2.24) is 0 Å². The third-order valence-electron chi connectivity index (χ3n) is 5.29. The SMILES string of the molecule is COc1ccc(S(=O)(=O)N2CCc3ccccc32)cc1C(=O)Nc1cccc(NC(C)=O)c1. The molecule has 2 N–H and O–H groups in total. The lowest BCUT2D eigenvalue weighted by molar-refractivity contribution is -0.114. The van der Waals surface area contributed by atoms with Crippen molar-refractivity contribution >= 4 is 38.9 Å². The number of rotatable bonds is 6. The molecule has 3 aromatic carbocycles. The van der Waals surface area contributed by atoms with Crippen LogP contribution in [-0.2, 0) is 21.2 Å². The number of carbonyl (C=O) groups excluding carboxylic acids is 2. The van der Waals surface area contributed by atoms with Crippen molar-refractivity contribution in [2.75, 3.05) is 28.6 Å². The minimum atomic E-state index is -3.88. The van der Waals surface area contributed by atoms with Crippen molar-refractivity contribution in [3.8, 4) is 5.75 Å². The van der Waals surface area contributed by atoms with E-state index in [2.05, 4.69) is 10.6 Å². The minimum Gasteiger partial charge on any atom is -0.496 e. The molecule has 1 heterocycles. The van der Waals surface area contributed by atoms with Crippen LogP contribution < -0.4 is 19.7 Å². The molecule has 9 heteroatoms. The van der Waals surface area contributed by atoms with Crippen molar-refractivity contribution in [3.05, 3.63) is 77.9 Å². The predicted molar refractivity (Wildman–Crippen MR) is 126 cm³/mol. The Hall–Kier alpha value is -3.85. The molecule has 0 saturated carbocycles. The van der Waals surface area contributed by atoms with Crippen LogP contribution in [0.1, 0.15) is 22.8 Å². The maximum atomic E-state index is 13.4. The first kappa shape index (κ1) is 22.3. The van der Waals surface area contributed by atoms with Crippen molar-refractivity contribution in [2.24, 2.45) is 0 Å². The molecule has 4 rings (SSSR count). The monoisotopic (exact) mass is 465 g/mol. The van der Waals surface area contributed by atoms with E-state index in [4.69, 9.17) is 4.74 Å². The first-order chi connectivity index (χ1) is 15.8. The second-order valence-corrected chi connectivity index (χ2v) is 9.40. The Balaban J connectivity index is 1.65. The summed E-state index contributed by atoms with van der Waals surface area (Å²) in [5.74, 6) is -0.529. The van der Waals surface area contributed by atoms with Gasteiger partial charge in [-0.05, 0) is 54.4 Å². The second kappa shape index (κ2) is 8.95. The topological polar surface area (TPSA) is 105 Å². The molecule has 0 fully saturated rings. The van der Waals surface area contributed by atoms with Crippen LogP contribution in [0.4, 0.5) is 17.1 Å². The van der Waals surface area contributed by atoms with Crippen LogP contribution in [0, 0.1) is 0 Å². The van der Waals surface area contributed by atoms with E-state index in [9.17, 15) is 18.0 Å². The van der Waals surface area contributed by atoms with E-state index in [1.807, 2.05) is 12.1 Å². The van der Waals surface area contributed by atoms with Crippen LogP contribution in [0.15, 0.2) is 71.6 Å². The van der Waals surface area contributed by atoms with Crippen LogP contribution in [0.5, 0.6) is 5.75 Å². The molecule has 0 aliphatic carbocycles. The molecule has 0 atom stereocenters. The van der Waals surface area contributed by atoms with E-state index in [0.717, 1.165) is 5.56 Å². The highest BCUT2D eigenvalue weighted by molar-refractivity contribution is 7.92. The number of methoxy groups -OCH3 is 1. The number of amides is 2. The number of benzene rings is 3. The predicted octanol–water partition coefficient (Wildman–Crippen LogP) is 3.66. The molecule has 0 unspecified atom stereocenters. The van der Waals surface area contributed by atoms with Crippen molar-refractivity contribution in [3.63, 3.8) is 0 Å². The standard InChI is InChI=1S/C24H23N3O5S/c1-16(28)25-18-7-5-8-19(14-18)26-24(29)21-15-20(10-11-23(21)32-2)33(30,31)27-13-12-17-6-3-4-9-22(17)27/h3-11,14-15H,12-13H2,1-2H3,(H,25,28)(H,26,29). The number of para-hydroxylation sites is 1. The van der Waals surface area contributed by atoms with Crippen LogP contribution in [0.3, 0.4) is 0 Å². The lowest BCUT2D eigenvalue weighted by Gasteiger charge is -2.20. The summed E-state index contributed by atoms with van der Waals surface area (Å²) in [5, 5.41) is 5.38. The molecule has 8 nitrogen and oxygen atoms in total. The van der Waals surface area contributed by atoms with Gasteiger partial charge in [-0.2, -0.15) is 0 Å². The maximum Gasteiger partial charge on any atom is 0.264 e. The van der Waals surface area contributed by atoms with Gasteiger partial charge in [-0.15, -0.1) is 0 Å². The van der Waals surface area contributed by atoms with Gasteiger partial charge in [-0.25, -0.2) is 8.42 Å². The number of nitrogens with zero attached hydrogens (tertiary/aromatic N) is 1. The minimum absolute atomic E-state index is 0.00264. The molecular weight excluding hydrogens is 442 g/mol. The van der Waals surface area contributed by atoms with Gasteiger partial charge in [-0.1, -0.05) is 24.3 Å². The number of nitrogens with one attached hydrogen (secondary N) is 2. The number of hydrogen-bond donors (Lipinski definition) is 2. The van der Waals surface area contributed by atoms with Gasteiger partial charge in [0.15, 0.2) is 0 Å². The Kier molecular flexibility index (Phi) is 6.06. The number of anilines is 3. The molecular formula is C24H23N3O5S. The summed E-state index contributed by atoms with van der Waals surface area (Å²) in [7, 11) is -2.46. The summed E-state index contributed by atoms with van der Waals surface area (Å²) < 4.78 is 33.4. The number of sulfonamides is 1. The molecule has 33 heavy (non-hydrogen) atoms. The van der Waals surface area contributed by atoms with Gasteiger partial charge in [-0.3, -0.25) is 13.9 Å². The molecule has 1 aliphatic heterocycles. The third kappa shape index (κ3) is 4.54. The normalized spacial score (nSPS) is 12.7. The zero-order valence-electron chi connectivity index (χ0n) is 18.2. The molecule has 3 aromatic rings. The van der Waals surface area contributed by atoms with E-state index >= 15 is 0 Å². The average Bonchev–Trinajstić information content (AvgIpc) is 3.23. The smallest absolute Gasteiger partial charge is 0.264 e. The summed E-state index contributed by atoms with van der Waals surface area (Å²) in [5.41, 5.74) is 2.66. The average molecular weight is 466 g/mol. The highest BCUT2D eigenvalue weighted by atomic mass is 32.2. The quantitative estimate of drug-likeness (QED) is 0.578. The molecule has 2 amide bonds. The zero-order chi connectivity index (χ0) is 23.6. The Labute approximate surface area is 192 Å². The molecule has 0 spiro atoms. The van der Waals surface area contributed by atoms with Crippen LogP contribution in [0.25, 0.3) is 0 Å². The van der Waals surface area contributed by atoms with Crippen LogP contribution in [-0.4, -0.2) is 33.9 Å². The highest BCUT2D eigenvalue weighted by Crippen LogP contribution is 2.34. The van der Waals surface area contributed by atoms with E-state index in [1.54, 1.807) is 36.4 Å². The second-order valence-electron chi connectivity index (χ2n) is 7.53. The van der Waals surface area contributed by atoms with Crippen molar-refractivity contribution in [1.29, 1.82) is 0 Å². The number of fused-ring (bicyclic) bond motifs is 1. The van der Waals surface area contributed by atoms with Crippen LogP contribution >= 0.6 is 0 Å². The molecule has 0 aromatic heterocycles. The van der Waals surface area contributed by atoms with E-state index in [-0.39, 0.29) is 22.1 Å². The van der Waals surface area contributed by atoms with Gasteiger partial charge in [0.05, 0.1) is 23.3 Å². The molecule has 0 radical (unpaired) electrons. The number of hydrogen-bond acceptors (Lipinski definition) is 5. The zero-order valence-corrected chi connectivity index (χ0v) is 19.0. The van der Waals surface area contributed by atoms with Crippen LogP contribution in [0.2, 0.25) is 0 Å². The molecule has 170 valence electrons. The van der Waals surface area contributed by atoms with Gasteiger partial charge in [0.1, 0.15) is 5.75 Å². The lowest BCUT2D eigenvalue weighted by Crippen LogP contribution is -2.29. The highest BCUT2D eigenvalue weighted by Gasteiger charge is 2.31.